The molecule has 2 aromatic carbocycles. The highest BCUT2D eigenvalue weighted by Crippen LogP contribution is 2.34. The Hall–Kier alpha value is -0.840. The first-order valence-electron chi connectivity index (χ1n) is 5.80. The maximum atomic E-state index is 11.7. The van der Waals surface area contributed by atoms with Crippen LogP contribution in [0.5, 0.6) is 11.5 Å². The van der Waals surface area contributed by atoms with Crippen molar-refractivity contribution >= 4 is 64.0 Å². The lowest BCUT2D eigenvalue weighted by Crippen LogP contribution is -2.18. The van der Waals surface area contributed by atoms with E-state index in [4.69, 9.17) is 67.5 Å². The lowest BCUT2D eigenvalue weighted by Gasteiger charge is -2.10. The van der Waals surface area contributed by atoms with Crippen LogP contribution in [0, 0.1) is 0 Å². The van der Waals surface area contributed by atoms with Crippen LogP contribution in [0.1, 0.15) is 0 Å². The van der Waals surface area contributed by atoms with Gasteiger partial charge in [0.2, 0.25) is 0 Å². The summed E-state index contributed by atoms with van der Waals surface area (Å²) in [5.74, 6) is -0.263. The van der Waals surface area contributed by atoms with Crippen molar-refractivity contribution in [2.24, 2.45) is 0 Å². The smallest absolute Gasteiger partial charge is 0.349 e. The van der Waals surface area contributed by atoms with Crippen molar-refractivity contribution in [1.82, 2.24) is 0 Å². The van der Waals surface area contributed by atoms with E-state index in [-0.39, 0.29) is 38.2 Å². The quantitative estimate of drug-likeness (QED) is 0.362. The molecule has 116 valence electrons. The van der Waals surface area contributed by atoms with Crippen LogP contribution in [-0.2, 0) is 4.79 Å². The lowest BCUT2D eigenvalue weighted by molar-refractivity contribution is -0.136. The number of hydrogen-bond acceptors (Lipinski definition) is 3. The van der Waals surface area contributed by atoms with Gasteiger partial charge in [-0.1, -0.05) is 58.0 Å². The topological polar surface area (TPSA) is 35.5 Å². The molecule has 0 bridgehead atoms. The monoisotopic (exact) mass is 398 g/mol. The highest BCUT2D eigenvalue weighted by atomic mass is 35.5. The molecule has 0 aliphatic heterocycles. The molecule has 2 aromatic rings. The molecular weight excluding hydrogens is 393 g/mol. The maximum absolute atomic E-state index is 11.7. The Balaban J connectivity index is 2.00. The van der Waals surface area contributed by atoms with Crippen molar-refractivity contribution in [3.05, 3.63) is 55.4 Å². The van der Waals surface area contributed by atoms with Crippen LogP contribution in [0.3, 0.4) is 0 Å². The van der Waals surface area contributed by atoms with Gasteiger partial charge in [-0.15, -0.1) is 0 Å². The van der Waals surface area contributed by atoms with E-state index < -0.39 is 5.97 Å². The summed E-state index contributed by atoms with van der Waals surface area (Å²) in [7, 11) is 0. The van der Waals surface area contributed by atoms with Crippen molar-refractivity contribution in [2.45, 2.75) is 0 Å². The normalized spacial score (nSPS) is 10.4. The summed E-state index contributed by atoms with van der Waals surface area (Å²) < 4.78 is 10.3. The largest absolute Gasteiger partial charge is 0.480 e. The fourth-order valence-corrected chi connectivity index (χ4v) is 2.50. The zero-order valence-corrected chi connectivity index (χ0v) is 14.5. The fourth-order valence-electron chi connectivity index (χ4n) is 1.46. The van der Waals surface area contributed by atoms with Gasteiger partial charge >= 0.3 is 5.97 Å². The van der Waals surface area contributed by atoms with Crippen LogP contribution < -0.4 is 9.47 Å². The predicted octanol–water partition coefficient (Wildman–Crippen LogP) is 5.94. The second kappa shape index (κ2) is 7.62. The molecule has 0 aliphatic rings. The van der Waals surface area contributed by atoms with Gasteiger partial charge in [0.25, 0.3) is 0 Å². The van der Waals surface area contributed by atoms with Crippen LogP contribution in [-0.4, -0.2) is 12.6 Å². The van der Waals surface area contributed by atoms with Gasteiger partial charge in [-0.25, -0.2) is 4.79 Å². The average molecular weight is 400 g/mol. The number of carbonyl (C=O) groups is 1. The van der Waals surface area contributed by atoms with E-state index in [1.54, 1.807) is 6.07 Å². The van der Waals surface area contributed by atoms with E-state index in [0.29, 0.717) is 5.02 Å². The summed E-state index contributed by atoms with van der Waals surface area (Å²) >= 11 is 29.2. The number of hydrogen-bond donors (Lipinski definition) is 0. The Morgan fingerprint density at radius 2 is 1.45 bits per heavy atom. The third kappa shape index (κ3) is 4.58. The summed E-state index contributed by atoms with van der Waals surface area (Å²) in [6, 6.07) is 7.32. The average Bonchev–Trinajstić information content (AvgIpc) is 2.44. The van der Waals surface area contributed by atoms with Gasteiger partial charge < -0.3 is 9.47 Å². The van der Waals surface area contributed by atoms with Crippen LogP contribution in [0.4, 0.5) is 0 Å². The first-order chi connectivity index (χ1) is 10.4. The highest BCUT2D eigenvalue weighted by molar-refractivity contribution is 6.43. The molecule has 0 aliphatic carbocycles. The minimum atomic E-state index is -0.661. The second-order valence-electron chi connectivity index (χ2n) is 4.03. The van der Waals surface area contributed by atoms with E-state index in [9.17, 15) is 4.79 Å². The van der Waals surface area contributed by atoms with Crippen molar-refractivity contribution in [2.75, 3.05) is 6.61 Å². The number of rotatable bonds is 4. The Morgan fingerprint density at radius 1 is 0.818 bits per heavy atom. The molecule has 22 heavy (non-hydrogen) atoms. The zero-order chi connectivity index (χ0) is 16.3. The fraction of sp³-hybridized carbons (Fsp3) is 0.0714. The summed E-state index contributed by atoms with van der Waals surface area (Å²) in [5, 5.41) is 1.42. The first-order valence-corrected chi connectivity index (χ1v) is 7.69. The molecule has 0 radical (unpaired) electrons. The standard InChI is InChI=1S/C14H7Cl5O3/c15-7-1-2-12(10(18)3-7)22-14(20)6-21-13-5-9(17)8(16)4-11(13)19/h1-5H,6H2. The minimum Gasteiger partial charge on any atom is -0.480 e. The van der Waals surface area contributed by atoms with Crippen LogP contribution >= 0.6 is 58.0 Å². The Kier molecular flexibility index (Phi) is 6.07. The van der Waals surface area contributed by atoms with E-state index in [1.165, 1.54) is 24.3 Å². The third-order valence-electron chi connectivity index (χ3n) is 2.44. The summed E-state index contributed by atoms with van der Waals surface area (Å²) in [6.07, 6.45) is 0. The summed E-state index contributed by atoms with van der Waals surface area (Å²) in [5.41, 5.74) is 0. The van der Waals surface area contributed by atoms with Crippen molar-refractivity contribution in [1.29, 1.82) is 0 Å². The molecule has 0 atom stereocenters. The van der Waals surface area contributed by atoms with Crippen molar-refractivity contribution in [3.63, 3.8) is 0 Å². The number of carbonyl (C=O) groups excluding carboxylic acids is 1. The molecule has 3 nitrogen and oxygen atoms in total. The highest BCUT2D eigenvalue weighted by Gasteiger charge is 2.12. The number of halogens is 5. The Labute approximate surface area is 151 Å². The van der Waals surface area contributed by atoms with E-state index in [1.807, 2.05) is 0 Å². The van der Waals surface area contributed by atoms with Crippen LogP contribution in [0.2, 0.25) is 25.1 Å². The molecule has 0 spiro atoms. The molecule has 0 heterocycles. The summed E-state index contributed by atoms with van der Waals surface area (Å²) in [6.45, 7) is -0.378. The van der Waals surface area contributed by atoms with E-state index in [0.717, 1.165) is 0 Å². The molecule has 2 rings (SSSR count). The molecular formula is C14H7Cl5O3. The SMILES string of the molecule is O=C(COc1cc(Cl)c(Cl)cc1Cl)Oc1ccc(Cl)cc1Cl. The van der Waals surface area contributed by atoms with Gasteiger partial charge in [0.1, 0.15) is 11.5 Å². The minimum absolute atomic E-state index is 0.180. The van der Waals surface area contributed by atoms with E-state index in [2.05, 4.69) is 0 Å². The van der Waals surface area contributed by atoms with Gasteiger partial charge in [0, 0.05) is 11.1 Å². The molecule has 8 heteroatoms. The molecule has 0 amide bonds. The van der Waals surface area contributed by atoms with Crippen LogP contribution in [0.25, 0.3) is 0 Å². The zero-order valence-electron chi connectivity index (χ0n) is 10.7. The van der Waals surface area contributed by atoms with Gasteiger partial charge in [0.15, 0.2) is 6.61 Å². The Bertz CT molecular complexity index is 718. The van der Waals surface area contributed by atoms with Gasteiger partial charge in [-0.3, -0.25) is 0 Å². The molecule has 0 fully saturated rings. The number of benzene rings is 2. The number of esters is 1. The third-order valence-corrected chi connectivity index (χ3v) is 3.99. The molecule has 0 aromatic heterocycles. The molecule has 0 N–H and O–H groups in total. The maximum Gasteiger partial charge on any atom is 0.349 e. The van der Waals surface area contributed by atoms with Crippen molar-refractivity contribution < 1.29 is 14.3 Å². The molecule has 0 saturated carbocycles. The van der Waals surface area contributed by atoms with E-state index >= 15 is 0 Å². The number of ether oxygens (including phenoxy) is 2. The second-order valence-corrected chi connectivity index (χ2v) is 6.10. The van der Waals surface area contributed by atoms with Gasteiger partial charge in [0.05, 0.1) is 20.1 Å². The molecule has 0 unspecified atom stereocenters. The lowest BCUT2D eigenvalue weighted by atomic mass is 10.3. The Morgan fingerprint density at radius 3 is 2.14 bits per heavy atom. The van der Waals surface area contributed by atoms with Crippen LogP contribution in [0.15, 0.2) is 30.3 Å². The molecule has 0 saturated heterocycles. The first kappa shape index (κ1) is 17.5. The van der Waals surface area contributed by atoms with Gasteiger partial charge in [-0.2, -0.15) is 0 Å². The summed E-state index contributed by atoms with van der Waals surface area (Å²) in [4.78, 5) is 11.7. The predicted molar refractivity (Wildman–Crippen MR) is 89.1 cm³/mol. The van der Waals surface area contributed by atoms with Crippen molar-refractivity contribution in [3.8, 4) is 11.5 Å². The van der Waals surface area contributed by atoms with Gasteiger partial charge in [-0.05, 0) is 24.3 Å².